The number of hydrogen-bond acceptors (Lipinski definition) is 0. The molecule has 2 aliphatic carbocycles. The third-order valence-corrected chi connectivity index (χ3v) is 9.60. The van der Waals surface area contributed by atoms with Gasteiger partial charge in [-0.15, -0.1) is 0 Å². The molecule has 0 nitrogen and oxygen atoms in total. The zero-order valence-corrected chi connectivity index (χ0v) is 25.5. The monoisotopic (exact) mass is 552 g/mol. The summed E-state index contributed by atoms with van der Waals surface area (Å²) in [5.41, 5.74) is 21.6. The Kier molecular flexibility index (Phi) is 5.85. The van der Waals surface area contributed by atoms with Crippen molar-refractivity contribution in [1.82, 2.24) is 0 Å². The van der Waals surface area contributed by atoms with Crippen LogP contribution >= 0.6 is 0 Å². The quantitative estimate of drug-likeness (QED) is 0.204. The first-order valence-corrected chi connectivity index (χ1v) is 15.5. The van der Waals surface area contributed by atoms with Crippen LogP contribution in [-0.4, -0.2) is 0 Å². The Bertz CT molecular complexity index is 1880. The lowest BCUT2D eigenvalue weighted by Gasteiger charge is -2.31. The van der Waals surface area contributed by atoms with Crippen LogP contribution in [0.5, 0.6) is 0 Å². The topological polar surface area (TPSA) is 0 Å². The second-order valence-corrected chi connectivity index (χ2v) is 12.9. The summed E-state index contributed by atoms with van der Waals surface area (Å²) in [7, 11) is 0. The molecule has 43 heavy (non-hydrogen) atoms. The Morgan fingerprint density at radius 1 is 0.349 bits per heavy atom. The minimum absolute atomic E-state index is 0.324. The van der Waals surface area contributed by atoms with Crippen LogP contribution in [-0.2, 0) is 18.3 Å². The molecule has 208 valence electrons. The first-order valence-electron chi connectivity index (χ1n) is 15.5. The smallest absolute Gasteiger partial charge is 0.0619 e. The number of hydrogen-bond donors (Lipinski definition) is 0. The molecule has 0 aliphatic heterocycles. The maximum Gasteiger partial charge on any atom is 0.0725 e. The molecule has 0 aromatic heterocycles. The van der Waals surface area contributed by atoms with Gasteiger partial charge in [0.2, 0.25) is 0 Å². The van der Waals surface area contributed by atoms with Crippen molar-refractivity contribution in [1.29, 1.82) is 0 Å². The molecule has 0 heterocycles. The number of rotatable bonds is 4. The van der Waals surface area contributed by atoms with Gasteiger partial charge >= 0.3 is 0 Å². The molecule has 0 saturated heterocycles. The summed E-state index contributed by atoms with van der Waals surface area (Å²) in [6.45, 7) is 8.81. The van der Waals surface area contributed by atoms with E-state index in [2.05, 4.69) is 149 Å². The Morgan fingerprint density at radius 2 is 0.721 bits per heavy atom. The van der Waals surface area contributed by atoms with Crippen molar-refractivity contribution < 1.29 is 0 Å². The summed E-state index contributed by atoms with van der Waals surface area (Å²) in [4.78, 5) is 0. The van der Waals surface area contributed by atoms with Gasteiger partial charge in [-0.05, 0) is 107 Å². The molecule has 0 heteroatoms. The van der Waals surface area contributed by atoms with Crippen LogP contribution < -0.4 is 0 Å². The van der Waals surface area contributed by atoms with Crippen molar-refractivity contribution in [2.24, 2.45) is 0 Å². The zero-order valence-electron chi connectivity index (χ0n) is 25.5. The van der Waals surface area contributed by atoms with Crippen molar-refractivity contribution in [3.63, 3.8) is 0 Å². The van der Waals surface area contributed by atoms with E-state index in [0.717, 1.165) is 12.8 Å². The number of benzene rings is 6. The molecule has 0 radical (unpaired) electrons. The second-order valence-electron chi connectivity index (χ2n) is 12.9. The Morgan fingerprint density at radius 3 is 1.14 bits per heavy atom. The summed E-state index contributed by atoms with van der Waals surface area (Å²) in [5.74, 6) is 0. The van der Waals surface area contributed by atoms with E-state index in [0.29, 0.717) is 0 Å². The van der Waals surface area contributed by atoms with Crippen molar-refractivity contribution in [3.8, 4) is 22.3 Å². The first kappa shape index (κ1) is 26.0. The second kappa shape index (κ2) is 9.68. The fourth-order valence-electron chi connectivity index (χ4n) is 8.27. The van der Waals surface area contributed by atoms with Gasteiger partial charge in [0.1, 0.15) is 0 Å². The van der Waals surface area contributed by atoms with E-state index >= 15 is 0 Å². The Balaban J connectivity index is 1.35. The van der Waals surface area contributed by atoms with Gasteiger partial charge in [-0.2, -0.15) is 0 Å². The summed E-state index contributed by atoms with van der Waals surface area (Å²) in [6.07, 6.45) is 1.87. The predicted octanol–water partition coefficient (Wildman–Crippen LogP) is 10.4. The van der Waals surface area contributed by atoms with E-state index in [9.17, 15) is 0 Å². The van der Waals surface area contributed by atoms with Gasteiger partial charge in [-0.1, -0.05) is 144 Å². The highest BCUT2D eigenvalue weighted by molar-refractivity contribution is 5.95. The molecule has 8 rings (SSSR count). The van der Waals surface area contributed by atoms with E-state index < -0.39 is 0 Å². The molecule has 0 atom stereocenters. The SMILES string of the molecule is Cc1cc(C)cc(Cc2ccc3c(c2)C2(c4ccccc4-c4ccccc42)c2cc(Cc4cc(C)cc(C)c4)ccc2-3)c1. The minimum atomic E-state index is -0.324. The van der Waals surface area contributed by atoms with E-state index in [-0.39, 0.29) is 5.41 Å². The third-order valence-electron chi connectivity index (χ3n) is 9.60. The minimum Gasteiger partial charge on any atom is -0.0619 e. The van der Waals surface area contributed by atoms with Crippen LogP contribution in [0.25, 0.3) is 22.3 Å². The predicted molar refractivity (Wildman–Crippen MR) is 180 cm³/mol. The van der Waals surface area contributed by atoms with Gasteiger partial charge in [0.05, 0.1) is 5.41 Å². The van der Waals surface area contributed by atoms with Crippen molar-refractivity contribution in [2.75, 3.05) is 0 Å². The summed E-state index contributed by atoms with van der Waals surface area (Å²) < 4.78 is 0. The molecule has 0 N–H and O–H groups in total. The molecule has 0 fully saturated rings. The van der Waals surface area contributed by atoms with Gasteiger partial charge in [0.25, 0.3) is 0 Å². The number of fused-ring (bicyclic) bond motifs is 10. The van der Waals surface area contributed by atoms with Crippen molar-refractivity contribution in [3.05, 3.63) is 188 Å². The lowest BCUT2D eigenvalue weighted by Crippen LogP contribution is -2.26. The summed E-state index contributed by atoms with van der Waals surface area (Å²) >= 11 is 0. The molecular formula is C43H36. The normalized spacial score (nSPS) is 13.5. The molecule has 0 saturated carbocycles. The van der Waals surface area contributed by atoms with Crippen molar-refractivity contribution in [2.45, 2.75) is 46.0 Å². The molecule has 0 unspecified atom stereocenters. The molecule has 2 aliphatic rings. The average molecular weight is 553 g/mol. The maximum absolute atomic E-state index is 2.52. The van der Waals surface area contributed by atoms with Gasteiger partial charge in [-0.25, -0.2) is 0 Å². The van der Waals surface area contributed by atoms with E-state index in [4.69, 9.17) is 0 Å². The highest BCUT2D eigenvalue weighted by Crippen LogP contribution is 2.63. The van der Waals surface area contributed by atoms with Crippen LogP contribution in [0.4, 0.5) is 0 Å². The third kappa shape index (κ3) is 4.04. The van der Waals surface area contributed by atoms with Gasteiger partial charge in [0, 0.05) is 0 Å². The zero-order chi connectivity index (χ0) is 29.3. The molecule has 0 amide bonds. The summed E-state index contributed by atoms with van der Waals surface area (Å²) in [5, 5.41) is 0. The highest BCUT2D eigenvalue weighted by atomic mass is 14.5. The van der Waals surface area contributed by atoms with Gasteiger partial charge in [0.15, 0.2) is 0 Å². The van der Waals surface area contributed by atoms with Crippen LogP contribution in [0, 0.1) is 27.7 Å². The van der Waals surface area contributed by atoms with Crippen molar-refractivity contribution >= 4 is 0 Å². The fraction of sp³-hybridized carbons (Fsp3) is 0.163. The Hall–Kier alpha value is -4.68. The lowest BCUT2D eigenvalue weighted by molar-refractivity contribution is 0.790. The summed E-state index contributed by atoms with van der Waals surface area (Å²) in [6, 6.07) is 46.7. The maximum atomic E-state index is 2.52. The average Bonchev–Trinajstić information content (AvgIpc) is 3.43. The molecular weight excluding hydrogens is 516 g/mol. The van der Waals surface area contributed by atoms with E-state index in [1.807, 2.05) is 0 Å². The Labute approximate surface area is 255 Å². The van der Waals surface area contributed by atoms with Crippen LogP contribution in [0.1, 0.15) is 66.8 Å². The molecule has 6 aromatic carbocycles. The van der Waals surface area contributed by atoms with E-state index in [1.165, 1.54) is 89.0 Å². The highest BCUT2D eigenvalue weighted by Gasteiger charge is 2.51. The molecule has 6 aromatic rings. The largest absolute Gasteiger partial charge is 0.0725 e. The van der Waals surface area contributed by atoms with Crippen LogP contribution in [0.3, 0.4) is 0 Å². The number of aryl methyl sites for hydroxylation is 4. The van der Waals surface area contributed by atoms with Crippen LogP contribution in [0.15, 0.2) is 121 Å². The molecule has 1 spiro atoms. The van der Waals surface area contributed by atoms with E-state index in [1.54, 1.807) is 0 Å². The van der Waals surface area contributed by atoms with Gasteiger partial charge in [-0.3, -0.25) is 0 Å². The molecule has 0 bridgehead atoms. The first-order chi connectivity index (χ1) is 20.9. The standard InChI is InChI=1S/C43H36/c1-27-17-28(2)20-33(19-27)23-31-13-15-37-38-16-14-32(24-34-21-29(3)18-30(4)22-34)26-42(38)43(41(37)25-31)39-11-7-5-9-35(39)36-10-6-8-12-40(36)43/h5-22,25-26H,23-24H2,1-4H3. The lowest BCUT2D eigenvalue weighted by atomic mass is 9.70. The van der Waals surface area contributed by atoms with Gasteiger partial charge < -0.3 is 0 Å². The fourth-order valence-corrected chi connectivity index (χ4v) is 8.27. The van der Waals surface area contributed by atoms with Crippen LogP contribution in [0.2, 0.25) is 0 Å².